The summed E-state index contributed by atoms with van der Waals surface area (Å²) < 4.78 is 5.81. The van der Waals surface area contributed by atoms with E-state index in [4.69, 9.17) is 0 Å². The second kappa shape index (κ2) is 3.33. The van der Waals surface area contributed by atoms with Gasteiger partial charge >= 0.3 is 6.09 Å². The molecular weight excluding hydrogens is 180 g/mol. The number of aromatic nitrogens is 2. The van der Waals surface area contributed by atoms with E-state index >= 15 is 0 Å². The largest absolute Gasteiger partial charge is 0.440 e. The van der Waals surface area contributed by atoms with Crippen LogP contribution in [0.4, 0.5) is 4.79 Å². The van der Waals surface area contributed by atoms with Crippen molar-refractivity contribution in [3.63, 3.8) is 0 Å². The molecule has 1 aromatic heterocycles. The van der Waals surface area contributed by atoms with Crippen molar-refractivity contribution in [3.8, 4) is 0 Å². The Morgan fingerprint density at radius 2 is 2.29 bits per heavy atom. The number of rotatable bonds is 1. The summed E-state index contributed by atoms with van der Waals surface area (Å²) in [6, 6.07) is 7.39. The van der Waals surface area contributed by atoms with Gasteiger partial charge in [-0.15, -0.1) is 0 Å². The van der Waals surface area contributed by atoms with Gasteiger partial charge in [-0.3, -0.25) is 0 Å². The predicted octanol–water partition coefficient (Wildman–Crippen LogP) is 2.16. The number of hydrogen-bond donors (Lipinski definition) is 0. The van der Waals surface area contributed by atoms with Crippen LogP contribution in [0.5, 0.6) is 0 Å². The average Bonchev–Trinajstić information content (AvgIpc) is 2.61. The number of carbonyl (C=O) groups excluding carboxylic acids is 1. The predicted molar refractivity (Wildman–Crippen MR) is 51.8 cm³/mol. The summed E-state index contributed by atoms with van der Waals surface area (Å²) in [5, 5.41) is 4.80. The van der Waals surface area contributed by atoms with Crippen LogP contribution in [0, 0.1) is 0 Å². The number of hydrogen-bond acceptors (Lipinski definition) is 3. The summed E-state index contributed by atoms with van der Waals surface area (Å²) in [5.74, 6) is 0. The number of benzene rings is 1. The van der Waals surface area contributed by atoms with Crippen LogP contribution in [0.15, 0.2) is 43.3 Å². The molecule has 4 nitrogen and oxygen atoms in total. The van der Waals surface area contributed by atoms with E-state index in [2.05, 4.69) is 16.4 Å². The quantitative estimate of drug-likeness (QED) is 0.644. The Balaban J connectivity index is 2.52. The van der Waals surface area contributed by atoms with Gasteiger partial charge in [0.25, 0.3) is 0 Å². The normalized spacial score (nSPS) is 10.0. The lowest BCUT2D eigenvalue weighted by molar-refractivity contribution is 0.185. The van der Waals surface area contributed by atoms with Gasteiger partial charge in [0.05, 0.1) is 18.0 Å². The van der Waals surface area contributed by atoms with Crippen LogP contribution in [-0.4, -0.2) is 15.9 Å². The molecule has 1 heterocycles. The highest BCUT2D eigenvalue weighted by atomic mass is 16.5. The van der Waals surface area contributed by atoms with E-state index in [0.717, 1.165) is 17.2 Å². The molecule has 14 heavy (non-hydrogen) atoms. The molecule has 0 saturated carbocycles. The molecule has 4 heteroatoms. The van der Waals surface area contributed by atoms with E-state index in [9.17, 15) is 4.79 Å². The van der Waals surface area contributed by atoms with Crippen molar-refractivity contribution in [2.24, 2.45) is 0 Å². The maximum absolute atomic E-state index is 11.3. The van der Waals surface area contributed by atoms with Gasteiger partial charge in [-0.2, -0.15) is 9.78 Å². The molecule has 0 N–H and O–H groups in total. The molecule has 0 aliphatic heterocycles. The van der Waals surface area contributed by atoms with Crippen molar-refractivity contribution < 1.29 is 9.53 Å². The fourth-order valence-electron chi connectivity index (χ4n) is 1.24. The third-order valence-electron chi connectivity index (χ3n) is 1.83. The summed E-state index contributed by atoms with van der Waals surface area (Å²) >= 11 is 0. The monoisotopic (exact) mass is 188 g/mol. The van der Waals surface area contributed by atoms with E-state index in [1.54, 1.807) is 12.3 Å². The van der Waals surface area contributed by atoms with Gasteiger partial charge in [-0.05, 0) is 6.07 Å². The maximum Gasteiger partial charge on any atom is 0.440 e. The summed E-state index contributed by atoms with van der Waals surface area (Å²) in [4.78, 5) is 11.3. The van der Waals surface area contributed by atoms with E-state index in [-0.39, 0.29) is 0 Å². The highest BCUT2D eigenvalue weighted by Crippen LogP contribution is 2.12. The lowest BCUT2D eigenvalue weighted by Crippen LogP contribution is -2.11. The molecule has 0 saturated heterocycles. The molecule has 0 spiro atoms. The molecule has 0 atom stereocenters. The maximum atomic E-state index is 11.3. The fourth-order valence-corrected chi connectivity index (χ4v) is 1.24. The minimum absolute atomic E-state index is 0.554. The first-order valence-corrected chi connectivity index (χ1v) is 4.07. The second-order valence-corrected chi connectivity index (χ2v) is 2.67. The van der Waals surface area contributed by atoms with E-state index in [1.807, 2.05) is 18.2 Å². The van der Waals surface area contributed by atoms with Crippen molar-refractivity contribution >= 4 is 17.0 Å². The highest BCUT2D eigenvalue weighted by Gasteiger charge is 2.09. The molecule has 2 aromatic rings. The third-order valence-corrected chi connectivity index (χ3v) is 1.83. The zero-order chi connectivity index (χ0) is 9.97. The van der Waals surface area contributed by atoms with E-state index in [0.29, 0.717) is 0 Å². The lowest BCUT2D eigenvalue weighted by atomic mass is 10.3. The smallest absolute Gasteiger partial charge is 0.417 e. The van der Waals surface area contributed by atoms with Crippen LogP contribution in [0.25, 0.3) is 10.9 Å². The molecule has 0 aliphatic rings. The first kappa shape index (κ1) is 8.50. The van der Waals surface area contributed by atoms with Gasteiger partial charge in [-0.1, -0.05) is 24.8 Å². The molecule has 0 radical (unpaired) electrons. The summed E-state index contributed by atoms with van der Waals surface area (Å²) in [6.45, 7) is 3.31. The third kappa shape index (κ3) is 1.26. The van der Waals surface area contributed by atoms with Crippen molar-refractivity contribution in [1.82, 2.24) is 9.78 Å². The minimum Gasteiger partial charge on any atom is -0.417 e. The van der Waals surface area contributed by atoms with Crippen LogP contribution in [-0.2, 0) is 4.74 Å². The van der Waals surface area contributed by atoms with Gasteiger partial charge in [-0.25, -0.2) is 4.79 Å². The van der Waals surface area contributed by atoms with Crippen LogP contribution >= 0.6 is 0 Å². The molecule has 0 bridgehead atoms. The number of ether oxygens (including phenoxy) is 1. The molecule has 0 unspecified atom stereocenters. The molecular formula is C10H8N2O2. The number of nitrogens with zero attached hydrogens (tertiary/aromatic N) is 2. The van der Waals surface area contributed by atoms with E-state index < -0.39 is 6.09 Å². The summed E-state index contributed by atoms with van der Waals surface area (Å²) in [6.07, 6.45) is 2.14. The van der Waals surface area contributed by atoms with Crippen LogP contribution in [0.1, 0.15) is 0 Å². The molecule has 0 amide bonds. The highest BCUT2D eigenvalue weighted by molar-refractivity contribution is 5.87. The Kier molecular flexibility index (Phi) is 2.02. The first-order valence-electron chi connectivity index (χ1n) is 4.07. The molecule has 0 fully saturated rings. The Morgan fingerprint density at radius 1 is 1.50 bits per heavy atom. The van der Waals surface area contributed by atoms with Crippen LogP contribution < -0.4 is 0 Å². The van der Waals surface area contributed by atoms with Crippen molar-refractivity contribution in [2.45, 2.75) is 0 Å². The van der Waals surface area contributed by atoms with Gasteiger partial charge < -0.3 is 4.74 Å². The Labute approximate surface area is 80.4 Å². The van der Waals surface area contributed by atoms with Crippen LogP contribution in [0.3, 0.4) is 0 Å². The number of para-hydroxylation sites is 1. The average molecular weight is 188 g/mol. The molecule has 70 valence electrons. The second-order valence-electron chi connectivity index (χ2n) is 2.67. The zero-order valence-electron chi connectivity index (χ0n) is 7.38. The topological polar surface area (TPSA) is 44.1 Å². The standard InChI is InChI=1S/C10H8N2O2/c1-2-14-10(13)12-9-6-4-3-5-8(9)7-11-12/h2-7H,1H2. The fraction of sp³-hybridized carbons (Fsp3) is 0. The SMILES string of the molecule is C=COC(=O)n1ncc2ccccc21. The van der Waals surface area contributed by atoms with Crippen molar-refractivity contribution in [2.75, 3.05) is 0 Å². The summed E-state index contributed by atoms with van der Waals surface area (Å²) in [7, 11) is 0. The first-order chi connectivity index (χ1) is 6.83. The Bertz CT molecular complexity index is 488. The van der Waals surface area contributed by atoms with Crippen molar-refractivity contribution in [1.29, 1.82) is 0 Å². The number of fused-ring (bicyclic) bond motifs is 1. The molecule has 2 rings (SSSR count). The minimum atomic E-state index is -0.554. The Hall–Kier alpha value is -2.10. The zero-order valence-corrected chi connectivity index (χ0v) is 7.38. The van der Waals surface area contributed by atoms with Gasteiger partial charge in [0, 0.05) is 5.39 Å². The van der Waals surface area contributed by atoms with Crippen LogP contribution in [0.2, 0.25) is 0 Å². The van der Waals surface area contributed by atoms with E-state index in [1.165, 1.54) is 4.68 Å². The summed E-state index contributed by atoms with van der Waals surface area (Å²) in [5.41, 5.74) is 0.722. The molecule has 0 aliphatic carbocycles. The van der Waals surface area contributed by atoms with Gasteiger partial charge in [0.15, 0.2) is 0 Å². The lowest BCUT2D eigenvalue weighted by Gasteiger charge is -1.98. The van der Waals surface area contributed by atoms with Gasteiger partial charge in [0.2, 0.25) is 0 Å². The molecule has 1 aromatic carbocycles. The number of carbonyl (C=O) groups is 1. The van der Waals surface area contributed by atoms with Gasteiger partial charge in [0.1, 0.15) is 0 Å². The van der Waals surface area contributed by atoms with Crippen molar-refractivity contribution in [3.05, 3.63) is 43.3 Å². The Morgan fingerprint density at radius 3 is 3.07 bits per heavy atom.